The van der Waals surface area contributed by atoms with E-state index in [0.29, 0.717) is 0 Å². The Kier molecular flexibility index (Phi) is 2.18. The molecule has 0 radical (unpaired) electrons. The zero-order chi connectivity index (χ0) is 7.72. The Morgan fingerprint density at radius 2 is 1.90 bits per heavy atom. The number of rotatable bonds is 1. The number of hydrogen-bond donors (Lipinski definition) is 0. The van der Waals surface area contributed by atoms with Crippen LogP contribution in [0.2, 0.25) is 0 Å². The minimum atomic E-state index is 0.782. The van der Waals surface area contributed by atoms with Crippen molar-refractivity contribution in [3.05, 3.63) is 11.1 Å². The first-order valence-corrected chi connectivity index (χ1v) is 4.29. The Bertz CT molecular complexity index is 151. The zero-order valence-electron chi connectivity index (χ0n) is 7.57. The molecule has 0 amide bonds. The van der Waals surface area contributed by atoms with Crippen molar-refractivity contribution in [1.29, 1.82) is 0 Å². The van der Waals surface area contributed by atoms with Crippen molar-refractivity contribution >= 4 is 0 Å². The van der Waals surface area contributed by atoms with Crippen molar-refractivity contribution in [2.45, 2.75) is 40.5 Å². The largest absolute Gasteiger partial charge is 0.0736 e. The molecule has 0 aliphatic heterocycles. The first-order chi connectivity index (χ1) is 4.61. The summed E-state index contributed by atoms with van der Waals surface area (Å²) in [6.07, 6.45) is 2.69. The van der Waals surface area contributed by atoms with E-state index in [1.165, 1.54) is 12.8 Å². The van der Waals surface area contributed by atoms with Crippen LogP contribution in [-0.2, 0) is 0 Å². The van der Waals surface area contributed by atoms with Gasteiger partial charge in [0.1, 0.15) is 0 Å². The third-order valence-corrected chi connectivity index (χ3v) is 2.47. The van der Waals surface area contributed by atoms with Crippen LogP contribution in [0.4, 0.5) is 0 Å². The molecular weight excluding hydrogens is 120 g/mol. The van der Waals surface area contributed by atoms with Crippen molar-refractivity contribution in [2.75, 3.05) is 0 Å². The number of hydrogen-bond acceptors (Lipinski definition) is 0. The molecule has 0 saturated carbocycles. The van der Waals surface area contributed by atoms with Gasteiger partial charge in [-0.25, -0.2) is 0 Å². The molecule has 10 heavy (non-hydrogen) atoms. The molecule has 1 unspecified atom stereocenters. The molecule has 1 aliphatic rings. The predicted octanol–water partition coefficient (Wildman–Crippen LogP) is 3.39. The van der Waals surface area contributed by atoms with Crippen molar-refractivity contribution in [2.24, 2.45) is 11.8 Å². The van der Waals surface area contributed by atoms with E-state index < -0.39 is 0 Å². The van der Waals surface area contributed by atoms with Crippen LogP contribution in [0.15, 0.2) is 11.1 Å². The van der Waals surface area contributed by atoms with Crippen LogP contribution in [-0.4, -0.2) is 0 Å². The van der Waals surface area contributed by atoms with Crippen LogP contribution < -0.4 is 0 Å². The lowest BCUT2D eigenvalue weighted by Crippen LogP contribution is -1.93. The molecule has 0 N–H and O–H groups in total. The first kappa shape index (κ1) is 7.84. The molecule has 0 spiro atoms. The van der Waals surface area contributed by atoms with E-state index in [-0.39, 0.29) is 0 Å². The second kappa shape index (κ2) is 2.77. The van der Waals surface area contributed by atoms with E-state index in [4.69, 9.17) is 0 Å². The molecule has 1 rings (SSSR count). The summed E-state index contributed by atoms with van der Waals surface area (Å²) in [7, 11) is 0. The normalized spacial score (nSPS) is 26.7. The van der Waals surface area contributed by atoms with Gasteiger partial charge in [-0.05, 0) is 31.6 Å². The molecule has 0 aromatic carbocycles. The molecule has 1 atom stereocenters. The van der Waals surface area contributed by atoms with E-state index in [9.17, 15) is 0 Å². The highest BCUT2D eigenvalue weighted by Crippen LogP contribution is 2.34. The summed E-state index contributed by atoms with van der Waals surface area (Å²) >= 11 is 0. The van der Waals surface area contributed by atoms with Gasteiger partial charge in [0.25, 0.3) is 0 Å². The van der Waals surface area contributed by atoms with Crippen LogP contribution in [0, 0.1) is 11.8 Å². The summed E-state index contributed by atoms with van der Waals surface area (Å²) in [6, 6.07) is 0. The SMILES string of the molecule is CC1=C(C(C)C)CC(C)C1. The van der Waals surface area contributed by atoms with Gasteiger partial charge in [-0.3, -0.25) is 0 Å². The maximum absolute atomic E-state index is 2.35. The molecule has 0 bridgehead atoms. The van der Waals surface area contributed by atoms with Crippen LogP contribution in [0.5, 0.6) is 0 Å². The second-order valence-corrected chi connectivity index (χ2v) is 3.97. The van der Waals surface area contributed by atoms with Gasteiger partial charge >= 0.3 is 0 Å². The van der Waals surface area contributed by atoms with E-state index >= 15 is 0 Å². The summed E-state index contributed by atoms with van der Waals surface area (Å²) in [6.45, 7) is 9.24. The van der Waals surface area contributed by atoms with Gasteiger partial charge in [-0.2, -0.15) is 0 Å². The van der Waals surface area contributed by atoms with Crippen molar-refractivity contribution in [1.82, 2.24) is 0 Å². The second-order valence-electron chi connectivity index (χ2n) is 3.97. The first-order valence-electron chi connectivity index (χ1n) is 4.29. The molecule has 0 nitrogen and oxygen atoms in total. The fraction of sp³-hybridized carbons (Fsp3) is 0.800. The molecule has 0 heteroatoms. The lowest BCUT2D eigenvalue weighted by Gasteiger charge is -2.07. The standard InChI is InChI=1S/C10H18/c1-7(2)10-6-8(3)5-9(10)4/h7-8H,5-6H2,1-4H3. The molecule has 58 valence electrons. The predicted molar refractivity (Wildman–Crippen MR) is 45.9 cm³/mol. The Balaban J connectivity index is 2.66. The average molecular weight is 138 g/mol. The summed E-state index contributed by atoms with van der Waals surface area (Å²) in [5, 5.41) is 0. The molecular formula is C10H18. The summed E-state index contributed by atoms with van der Waals surface area (Å²) in [5.74, 6) is 1.70. The average Bonchev–Trinajstić information content (AvgIpc) is 2.10. The highest BCUT2D eigenvalue weighted by atomic mass is 14.2. The van der Waals surface area contributed by atoms with Gasteiger partial charge in [-0.15, -0.1) is 0 Å². The smallest absolute Gasteiger partial charge is 0.0257 e. The van der Waals surface area contributed by atoms with Gasteiger partial charge in [0, 0.05) is 0 Å². The van der Waals surface area contributed by atoms with E-state index in [1.807, 2.05) is 0 Å². The Morgan fingerprint density at radius 3 is 2.10 bits per heavy atom. The fourth-order valence-electron chi connectivity index (χ4n) is 2.00. The van der Waals surface area contributed by atoms with Crippen LogP contribution >= 0.6 is 0 Å². The topological polar surface area (TPSA) is 0 Å². The van der Waals surface area contributed by atoms with Crippen molar-refractivity contribution in [3.8, 4) is 0 Å². The molecule has 0 aromatic rings. The van der Waals surface area contributed by atoms with Gasteiger partial charge in [0.05, 0.1) is 0 Å². The van der Waals surface area contributed by atoms with E-state index in [2.05, 4.69) is 27.7 Å². The third-order valence-electron chi connectivity index (χ3n) is 2.47. The van der Waals surface area contributed by atoms with Gasteiger partial charge in [0.2, 0.25) is 0 Å². The van der Waals surface area contributed by atoms with Gasteiger partial charge < -0.3 is 0 Å². The summed E-state index contributed by atoms with van der Waals surface area (Å²) in [4.78, 5) is 0. The lowest BCUT2D eigenvalue weighted by atomic mass is 9.99. The molecule has 0 heterocycles. The molecule has 1 aliphatic carbocycles. The number of allylic oxidation sites excluding steroid dienone is 2. The summed E-state index contributed by atoms with van der Waals surface area (Å²) in [5.41, 5.74) is 3.37. The molecule has 0 saturated heterocycles. The zero-order valence-corrected chi connectivity index (χ0v) is 7.57. The third kappa shape index (κ3) is 1.42. The quantitative estimate of drug-likeness (QED) is 0.487. The highest BCUT2D eigenvalue weighted by molar-refractivity contribution is 5.20. The minimum absolute atomic E-state index is 0.782. The van der Waals surface area contributed by atoms with E-state index in [0.717, 1.165) is 11.8 Å². The molecule has 0 fully saturated rings. The minimum Gasteiger partial charge on any atom is -0.0736 e. The summed E-state index contributed by atoms with van der Waals surface area (Å²) < 4.78 is 0. The molecule has 0 aromatic heterocycles. The van der Waals surface area contributed by atoms with Gasteiger partial charge in [-0.1, -0.05) is 31.9 Å². The van der Waals surface area contributed by atoms with Crippen LogP contribution in [0.3, 0.4) is 0 Å². The maximum atomic E-state index is 2.35. The van der Waals surface area contributed by atoms with Crippen LogP contribution in [0.1, 0.15) is 40.5 Å². The monoisotopic (exact) mass is 138 g/mol. The van der Waals surface area contributed by atoms with Crippen LogP contribution in [0.25, 0.3) is 0 Å². The maximum Gasteiger partial charge on any atom is -0.0257 e. The van der Waals surface area contributed by atoms with Crippen molar-refractivity contribution < 1.29 is 0 Å². The van der Waals surface area contributed by atoms with Gasteiger partial charge in [0.15, 0.2) is 0 Å². The highest BCUT2D eigenvalue weighted by Gasteiger charge is 2.19. The Hall–Kier alpha value is -0.260. The Morgan fingerprint density at radius 1 is 1.30 bits per heavy atom. The van der Waals surface area contributed by atoms with E-state index in [1.54, 1.807) is 11.1 Å². The van der Waals surface area contributed by atoms with Crippen molar-refractivity contribution in [3.63, 3.8) is 0 Å². The fourth-order valence-corrected chi connectivity index (χ4v) is 2.00. The lowest BCUT2D eigenvalue weighted by molar-refractivity contribution is 0.594. The Labute approximate surface area is 64.3 Å².